The van der Waals surface area contributed by atoms with Gasteiger partial charge in [0.1, 0.15) is 0 Å². The number of hydrogen-bond donors (Lipinski definition) is 3. The van der Waals surface area contributed by atoms with E-state index in [2.05, 4.69) is 10.3 Å². The van der Waals surface area contributed by atoms with E-state index in [4.69, 9.17) is 4.74 Å². The van der Waals surface area contributed by atoms with Gasteiger partial charge in [-0.3, -0.25) is 4.79 Å². The van der Waals surface area contributed by atoms with Crippen LogP contribution in [0.25, 0.3) is 0 Å². The van der Waals surface area contributed by atoms with Crippen molar-refractivity contribution in [3.05, 3.63) is 33.7 Å². The van der Waals surface area contributed by atoms with Gasteiger partial charge in [0.15, 0.2) is 0 Å². The van der Waals surface area contributed by atoms with Gasteiger partial charge in [-0.1, -0.05) is 6.07 Å². The molecule has 0 radical (unpaired) electrons. The lowest BCUT2D eigenvalue weighted by atomic mass is 9.91. The van der Waals surface area contributed by atoms with Gasteiger partial charge in [0.05, 0.1) is 19.3 Å². The molecule has 0 saturated heterocycles. The first-order valence-electron chi connectivity index (χ1n) is 6.32. The number of aliphatic hydroxyl groups is 1. The fraction of sp³-hybridized carbons (Fsp3) is 0.615. The van der Waals surface area contributed by atoms with Gasteiger partial charge in [0.2, 0.25) is 5.56 Å². The molecular formula is C13H20N2O3. The quantitative estimate of drug-likeness (QED) is 0.707. The molecule has 2 atom stereocenters. The number of aryl methyl sites for hydroxylation is 1. The molecule has 2 rings (SSSR count). The van der Waals surface area contributed by atoms with Crippen LogP contribution < -0.4 is 10.9 Å². The van der Waals surface area contributed by atoms with Crippen molar-refractivity contribution in [2.75, 3.05) is 20.3 Å². The number of aliphatic hydroxyl groups excluding tert-OH is 1. The van der Waals surface area contributed by atoms with Crippen LogP contribution in [0, 0.1) is 0 Å². The summed E-state index contributed by atoms with van der Waals surface area (Å²) in [5.74, 6) is 0. The minimum absolute atomic E-state index is 0.0447. The molecule has 1 aromatic rings. The number of pyridine rings is 1. The van der Waals surface area contributed by atoms with E-state index in [9.17, 15) is 9.90 Å². The number of nitrogens with one attached hydrogen (secondary N) is 2. The number of aromatic nitrogens is 1. The summed E-state index contributed by atoms with van der Waals surface area (Å²) in [5.41, 5.74) is 2.10. The largest absolute Gasteiger partial charge is 0.395 e. The van der Waals surface area contributed by atoms with Gasteiger partial charge < -0.3 is 20.1 Å². The number of fused-ring (bicyclic) bond motifs is 1. The van der Waals surface area contributed by atoms with Crippen molar-refractivity contribution in [1.82, 2.24) is 10.3 Å². The Hall–Kier alpha value is -1.17. The Morgan fingerprint density at radius 1 is 1.61 bits per heavy atom. The second-order valence-corrected chi connectivity index (χ2v) is 4.70. The third kappa shape index (κ3) is 2.98. The molecule has 0 saturated carbocycles. The predicted molar refractivity (Wildman–Crippen MR) is 68.6 cm³/mol. The summed E-state index contributed by atoms with van der Waals surface area (Å²) in [4.78, 5) is 14.2. The summed E-state index contributed by atoms with van der Waals surface area (Å²) in [5, 5.41) is 12.7. The SMILES string of the molecule is COCC(CO)NC1CCCc2[nH]c(=O)ccc21. The van der Waals surface area contributed by atoms with Crippen molar-refractivity contribution < 1.29 is 9.84 Å². The Bertz CT molecular complexity index is 444. The lowest BCUT2D eigenvalue weighted by Crippen LogP contribution is -2.40. The van der Waals surface area contributed by atoms with Gasteiger partial charge >= 0.3 is 0 Å². The molecule has 1 aliphatic rings. The Morgan fingerprint density at radius 2 is 2.44 bits per heavy atom. The van der Waals surface area contributed by atoms with E-state index in [1.165, 1.54) is 0 Å². The van der Waals surface area contributed by atoms with Crippen molar-refractivity contribution in [2.24, 2.45) is 0 Å². The Balaban J connectivity index is 2.14. The molecule has 0 aliphatic heterocycles. The number of aromatic amines is 1. The molecule has 1 aromatic heterocycles. The highest BCUT2D eigenvalue weighted by atomic mass is 16.5. The molecule has 100 valence electrons. The number of rotatable bonds is 5. The summed E-state index contributed by atoms with van der Waals surface area (Å²) >= 11 is 0. The number of methoxy groups -OCH3 is 1. The van der Waals surface area contributed by atoms with Gasteiger partial charge in [-0.15, -0.1) is 0 Å². The standard InChI is InChI=1S/C13H20N2O3/c1-18-8-9(7-16)14-11-3-2-4-12-10(11)5-6-13(17)15-12/h5-6,9,11,14,16H,2-4,7-8H2,1H3,(H,15,17). The monoisotopic (exact) mass is 252 g/mol. The van der Waals surface area contributed by atoms with Crippen LogP contribution in [0.1, 0.15) is 30.1 Å². The lowest BCUT2D eigenvalue weighted by molar-refractivity contribution is 0.120. The van der Waals surface area contributed by atoms with E-state index in [1.54, 1.807) is 13.2 Å². The number of H-pyrrole nitrogens is 1. The van der Waals surface area contributed by atoms with Crippen LogP contribution in [-0.4, -0.2) is 36.5 Å². The average Bonchev–Trinajstić information content (AvgIpc) is 2.38. The van der Waals surface area contributed by atoms with Crippen LogP contribution in [0.4, 0.5) is 0 Å². The summed E-state index contributed by atoms with van der Waals surface area (Å²) < 4.78 is 5.06. The van der Waals surface area contributed by atoms with Crippen molar-refractivity contribution in [2.45, 2.75) is 31.3 Å². The molecule has 3 N–H and O–H groups in total. The molecule has 5 heteroatoms. The first kappa shape index (κ1) is 13.3. The molecule has 0 spiro atoms. The van der Waals surface area contributed by atoms with Crippen molar-refractivity contribution in [3.8, 4) is 0 Å². The highest BCUT2D eigenvalue weighted by Gasteiger charge is 2.23. The van der Waals surface area contributed by atoms with Gasteiger partial charge in [-0.2, -0.15) is 0 Å². The summed E-state index contributed by atoms with van der Waals surface area (Å²) in [6.07, 6.45) is 2.96. The third-order valence-corrected chi connectivity index (χ3v) is 3.36. The van der Waals surface area contributed by atoms with Gasteiger partial charge in [0, 0.05) is 24.9 Å². The molecule has 1 heterocycles. The summed E-state index contributed by atoms with van der Waals surface area (Å²) in [6, 6.07) is 3.55. The first-order valence-corrected chi connectivity index (χ1v) is 6.32. The highest BCUT2D eigenvalue weighted by Crippen LogP contribution is 2.27. The molecular weight excluding hydrogens is 232 g/mol. The summed E-state index contributed by atoms with van der Waals surface area (Å²) in [7, 11) is 1.62. The van der Waals surface area contributed by atoms with E-state index in [0.29, 0.717) is 6.61 Å². The van der Waals surface area contributed by atoms with Crippen LogP contribution >= 0.6 is 0 Å². The fourth-order valence-electron chi connectivity index (χ4n) is 2.51. The number of ether oxygens (including phenoxy) is 1. The maximum atomic E-state index is 11.3. The second-order valence-electron chi connectivity index (χ2n) is 4.70. The molecule has 2 unspecified atom stereocenters. The zero-order valence-electron chi connectivity index (χ0n) is 10.6. The fourth-order valence-corrected chi connectivity index (χ4v) is 2.51. The minimum Gasteiger partial charge on any atom is -0.395 e. The van der Waals surface area contributed by atoms with Crippen LogP contribution in [-0.2, 0) is 11.2 Å². The van der Waals surface area contributed by atoms with Gasteiger partial charge in [0.25, 0.3) is 0 Å². The zero-order chi connectivity index (χ0) is 13.0. The van der Waals surface area contributed by atoms with Crippen molar-refractivity contribution in [3.63, 3.8) is 0 Å². The molecule has 0 amide bonds. The topological polar surface area (TPSA) is 74.3 Å². The molecule has 1 aliphatic carbocycles. The smallest absolute Gasteiger partial charge is 0.248 e. The van der Waals surface area contributed by atoms with Gasteiger partial charge in [-0.25, -0.2) is 0 Å². The normalized spacial score (nSPS) is 20.4. The minimum atomic E-state index is -0.0714. The van der Waals surface area contributed by atoms with Gasteiger partial charge in [-0.05, 0) is 24.8 Å². The molecule has 0 bridgehead atoms. The Morgan fingerprint density at radius 3 is 3.17 bits per heavy atom. The van der Waals surface area contributed by atoms with Crippen LogP contribution in [0.5, 0.6) is 0 Å². The van der Waals surface area contributed by atoms with E-state index in [0.717, 1.165) is 30.5 Å². The number of hydrogen-bond acceptors (Lipinski definition) is 4. The van der Waals surface area contributed by atoms with Crippen molar-refractivity contribution >= 4 is 0 Å². The molecule has 18 heavy (non-hydrogen) atoms. The van der Waals surface area contributed by atoms with Crippen LogP contribution in [0.2, 0.25) is 0 Å². The Labute approximate surface area is 106 Å². The lowest BCUT2D eigenvalue weighted by Gasteiger charge is -2.29. The zero-order valence-corrected chi connectivity index (χ0v) is 10.6. The summed E-state index contributed by atoms with van der Waals surface area (Å²) in [6.45, 7) is 0.523. The second kappa shape index (κ2) is 6.13. The van der Waals surface area contributed by atoms with E-state index >= 15 is 0 Å². The Kier molecular flexibility index (Phi) is 4.52. The molecule has 5 nitrogen and oxygen atoms in total. The maximum absolute atomic E-state index is 11.3. The highest BCUT2D eigenvalue weighted by molar-refractivity contribution is 5.26. The maximum Gasteiger partial charge on any atom is 0.248 e. The van der Waals surface area contributed by atoms with Crippen LogP contribution in [0.3, 0.4) is 0 Å². The first-order chi connectivity index (χ1) is 8.74. The molecule has 0 fully saturated rings. The third-order valence-electron chi connectivity index (χ3n) is 3.36. The predicted octanol–water partition coefficient (Wildman–Crippen LogP) is 0.349. The average molecular weight is 252 g/mol. The van der Waals surface area contributed by atoms with E-state index < -0.39 is 0 Å². The van der Waals surface area contributed by atoms with E-state index in [1.807, 2.05) is 6.07 Å². The van der Waals surface area contributed by atoms with E-state index in [-0.39, 0.29) is 24.2 Å². The molecule has 0 aromatic carbocycles. The van der Waals surface area contributed by atoms with Crippen LogP contribution in [0.15, 0.2) is 16.9 Å². The van der Waals surface area contributed by atoms with Crippen molar-refractivity contribution in [1.29, 1.82) is 0 Å².